The van der Waals surface area contributed by atoms with Gasteiger partial charge in [-0.05, 0) is 31.0 Å². The highest BCUT2D eigenvalue weighted by atomic mass is 79.9. The molecule has 1 N–H and O–H groups in total. The van der Waals surface area contributed by atoms with Gasteiger partial charge >= 0.3 is 6.18 Å². The average molecular weight is 340 g/mol. The summed E-state index contributed by atoms with van der Waals surface area (Å²) in [5.41, 5.74) is 1.08. The third kappa shape index (κ3) is 6.40. The van der Waals surface area contributed by atoms with Gasteiger partial charge in [0.25, 0.3) is 0 Å². The van der Waals surface area contributed by atoms with Gasteiger partial charge < -0.3 is 10.1 Å². The molecule has 1 unspecified atom stereocenters. The van der Waals surface area contributed by atoms with Crippen LogP contribution in [0.1, 0.15) is 17.9 Å². The second-order valence-electron chi connectivity index (χ2n) is 4.23. The summed E-state index contributed by atoms with van der Waals surface area (Å²) in [6.07, 6.45) is -3.72. The molecule has 0 heterocycles. The zero-order valence-electron chi connectivity index (χ0n) is 10.6. The fraction of sp³-hybridized carbons (Fsp3) is 0.538. The molecule has 0 radical (unpaired) electrons. The lowest BCUT2D eigenvalue weighted by atomic mass is 9.96. The summed E-state index contributed by atoms with van der Waals surface area (Å²) in [4.78, 5) is 0. The molecular formula is C13H17BrF3NO. The molecule has 0 saturated heterocycles. The Bertz CT molecular complexity index is 384. The van der Waals surface area contributed by atoms with Crippen molar-refractivity contribution in [2.45, 2.75) is 18.5 Å². The molecule has 108 valence electrons. The van der Waals surface area contributed by atoms with Gasteiger partial charge in [-0.3, -0.25) is 0 Å². The van der Waals surface area contributed by atoms with Crippen LogP contribution in [0.25, 0.3) is 0 Å². The molecule has 1 atom stereocenters. The van der Waals surface area contributed by atoms with E-state index in [0.717, 1.165) is 10.0 Å². The number of likely N-dealkylation sites (N-methyl/N-ethyl adjacent to an activating group) is 1. The van der Waals surface area contributed by atoms with Crippen LogP contribution in [0, 0.1) is 0 Å². The van der Waals surface area contributed by atoms with Crippen LogP contribution in [0.2, 0.25) is 0 Å². The second-order valence-corrected chi connectivity index (χ2v) is 5.09. The summed E-state index contributed by atoms with van der Waals surface area (Å²) in [5, 5.41) is 3.05. The van der Waals surface area contributed by atoms with Gasteiger partial charge in [-0.1, -0.05) is 34.1 Å². The number of hydrogen-bond acceptors (Lipinski definition) is 2. The van der Waals surface area contributed by atoms with Crippen molar-refractivity contribution in [3.05, 3.63) is 34.3 Å². The van der Waals surface area contributed by atoms with E-state index in [-0.39, 0.29) is 12.5 Å². The van der Waals surface area contributed by atoms with Crippen LogP contribution in [0.15, 0.2) is 28.7 Å². The molecule has 1 rings (SSSR count). The second kappa shape index (κ2) is 7.87. The van der Waals surface area contributed by atoms with Gasteiger partial charge in [0.2, 0.25) is 0 Å². The first kappa shape index (κ1) is 16.5. The fourth-order valence-corrected chi connectivity index (χ4v) is 2.44. The van der Waals surface area contributed by atoms with Gasteiger partial charge in [-0.2, -0.15) is 13.2 Å². The van der Waals surface area contributed by atoms with E-state index in [0.29, 0.717) is 13.0 Å². The topological polar surface area (TPSA) is 21.3 Å². The summed E-state index contributed by atoms with van der Waals surface area (Å²) in [6, 6.07) is 7.72. The van der Waals surface area contributed by atoms with E-state index in [4.69, 9.17) is 0 Å². The predicted molar refractivity (Wildman–Crippen MR) is 72.3 cm³/mol. The molecule has 1 aromatic rings. The van der Waals surface area contributed by atoms with E-state index in [1.807, 2.05) is 31.3 Å². The number of rotatable bonds is 7. The van der Waals surface area contributed by atoms with Crippen molar-refractivity contribution in [3.63, 3.8) is 0 Å². The highest BCUT2D eigenvalue weighted by molar-refractivity contribution is 9.10. The molecule has 0 saturated carbocycles. The van der Waals surface area contributed by atoms with E-state index in [2.05, 4.69) is 26.0 Å². The SMILES string of the molecule is CNCC(CCOCC(F)(F)F)c1ccccc1Br. The van der Waals surface area contributed by atoms with Crippen molar-refractivity contribution in [2.75, 3.05) is 26.8 Å². The van der Waals surface area contributed by atoms with Crippen LogP contribution < -0.4 is 5.32 Å². The lowest BCUT2D eigenvalue weighted by Gasteiger charge is -2.18. The van der Waals surface area contributed by atoms with E-state index in [1.54, 1.807) is 0 Å². The van der Waals surface area contributed by atoms with Crippen LogP contribution in [0.5, 0.6) is 0 Å². The molecular weight excluding hydrogens is 323 g/mol. The number of benzene rings is 1. The Hall–Kier alpha value is -0.590. The van der Waals surface area contributed by atoms with Crippen LogP contribution in [-0.2, 0) is 4.74 Å². The first-order valence-electron chi connectivity index (χ1n) is 5.97. The number of hydrogen-bond donors (Lipinski definition) is 1. The first-order chi connectivity index (χ1) is 8.94. The Morgan fingerprint density at radius 3 is 2.58 bits per heavy atom. The Labute approximate surface area is 119 Å². The Balaban J connectivity index is 2.52. The first-order valence-corrected chi connectivity index (χ1v) is 6.77. The smallest absolute Gasteiger partial charge is 0.372 e. The minimum Gasteiger partial charge on any atom is -0.372 e. The van der Waals surface area contributed by atoms with Crippen molar-refractivity contribution in [1.82, 2.24) is 5.32 Å². The zero-order valence-corrected chi connectivity index (χ0v) is 12.2. The molecule has 0 bridgehead atoms. The molecule has 19 heavy (non-hydrogen) atoms. The van der Waals surface area contributed by atoms with Gasteiger partial charge in [0.05, 0.1) is 0 Å². The lowest BCUT2D eigenvalue weighted by Crippen LogP contribution is -2.21. The van der Waals surface area contributed by atoms with Gasteiger partial charge in [0.15, 0.2) is 0 Å². The molecule has 0 fully saturated rings. The van der Waals surface area contributed by atoms with Crippen molar-refractivity contribution < 1.29 is 17.9 Å². The number of alkyl halides is 3. The maximum Gasteiger partial charge on any atom is 0.411 e. The van der Waals surface area contributed by atoms with Gasteiger partial charge in [0.1, 0.15) is 6.61 Å². The van der Waals surface area contributed by atoms with Crippen LogP contribution in [0.4, 0.5) is 13.2 Å². The normalized spacial score (nSPS) is 13.5. The highest BCUT2D eigenvalue weighted by Gasteiger charge is 2.27. The Kier molecular flexibility index (Phi) is 6.82. The van der Waals surface area contributed by atoms with Crippen LogP contribution in [-0.4, -0.2) is 33.0 Å². The summed E-state index contributed by atoms with van der Waals surface area (Å²) >= 11 is 3.46. The monoisotopic (exact) mass is 339 g/mol. The summed E-state index contributed by atoms with van der Waals surface area (Å²) < 4.78 is 41.5. The number of ether oxygens (including phenoxy) is 1. The van der Waals surface area contributed by atoms with Gasteiger partial charge in [-0.25, -0.2) is 0 Å². The number of halogens is 4. The number of nitrogens with one attached hydrogen (secondary N) is 1. The Morgan fingerprint density at radius 1 is 1.32 bits per heavy atom. The quantitative estimate of drug-likeness (QED) is 0.764. The van der Waals surface area contributed by atoms with E-state index >= 15 is 0 Å². The van der Waals surface area contributed by atoms with Gasteiger partial charge in [0, 0.05) is 17.6 Å². The molecule has 6 heteroatoms. The third-order valence-corrected chi connectivity index (χ3v) is 3.39. The summed E-state index contributed by atoms with van der Waals surface area (Å²) in [5.74, 6) is 0.119. The van der Waals surface area contributed by atoms with E-state index < -0.39 is 12.8 Å². The molecule has 0 aliphatic heterocycles. The average Bonchev–Trinajstić information content (AvgIpc) is 2.33. The van der Waals surface area contributed by atoms with Crippen LogP contribution in [0.3, 0.4) is 0 Å². The van der Waals surface area contributed by atoms with E-state index in [1.165, 1.54) is 0 Å². The molecule has 0 amide bonds. The molecule has 2 nitrogen and oxygen atoms in total. The summed E-state index contributed by atoms with van der Waals surface area (Å²) in [7, 11) is 1.82. The maximum atomic E-state index is 12.0. The van der Waals surface area contributed by atoms with Crippen molar-refractivity contribution in [2.24, 2.45) is 0 Å². The zero-order chi connectivity index (χ0) is 14.3. The molecule has 0 spiro atoms. The van der Waals surface area contributed by atoms with Crippen molar-refractivity contribution >= 4 is 15.9 Å². The van der Waals surface area contributed by atoms with Crippen molar-refractivity contribution in [1.29, 1.82) is 0 Å². The molecule has 1 aromatic carbocycles. The highest BCUT2D eigenvalue weighted by Crippen LogP contribution is 2.27. The maximum absolute atomic E-state index is 12.0. The van der Waals surface area contributed by atoms with Crippen molar-refractivity contribution in [3.8, 4) is 0 Å². The minimum absolute atomic E-state index is 0.0905. The molecule has 0 aliphatic rings. The fourth-order valence-electron chi connectivity index (χ4n) is 1.83. The van der Waals surface area contributed by atoms with Crippen LogP contribution >= 0.6 is 15.9 Å². The van der Waals surface area contributed by atoms with Gasteiger partial charge in [-0.15, -0.1) is 0 Å². The minimum atomic E-state index is -4.26. The third-order valence-electron chi connectivity index (χ3n) is 2.67. The van der Waals surface area contributed by atoms with E-state index in [9.17, 15) is 13.2 Å². The lowest BCUT2D eigenvalue weighted by molar-refractivity contribution is -0.174. The Morgan fingerprint density at radius 2 is 2.00 bits per heavy atom. The molecule has 0 aliphatic carbocycles. The largest absolute Gasteiger partial charge is 0.411 e. The standard InChI is InChI=1S/C13H17BrF3NO/c1-18-8-10(6-7-19-9-13(15,16)17)11-4-2-3-5-12(11)14/h2-5,10,18H,6-9H2,1H3. The summed E-state index contributed by atoms with van der Waals surface area (Å²) in [6.45, 7) is -0.402. The molecule has 0 aromatic heterocycles. The predicted octanol–water partition coefficient (Wildman–Crippen LogP) is 3.72.